The average molecular weight is 443 g/mol. The highest BCUT2D eigenvalue weighted by atomic mass is 32.1. The number of hydrogen-bond donors (Lipinski definition) is 3. The van der Waals surface area contributed by atoms with Crippen molar-refractivity contribution in [3.63, 3.8) is 0 Å². The third-order valence-corrected chi connectivity index (χ3v) is 5.98. The van der Waals surface area contributed by atoms with Gasteiger partial charge in [-0.3, -0.25) is 4.79 Å². The minimum Gasteiger partial charge on any atom is -0.491 e. The Morgan fingerprint density at radius 2 is 2.19 bits per heavy atom. The zero-order chi connectivity index (χ0) is 22.2. The fraction of sp³-hybridized carbons (Fsp3) is 0.391. The molecule has 2 heterocycles. The number of hydrogen-bond acceptors (Lipinski definition) is 7. The zero-order valence-electron chi connectivity index (χ0n) is 18.0. The van der Waals surface area contributed by atoms with Gasteiger partial charge in [0.05, 0.1) is 12.6 Å². The molecule has 5 N–H and O–H groups in total. The van der Waals surface area contributed by atoms with Gasteiger partial charge in [0.2, 0.25) is 0 Å². The number of benzene rings is 1. The maximum absolute atomic E-state index is 12.8. The lowest BCUT2D eigenvalue weighted by atomic mass is 10.1. The Kier molecular flexibility index (Phi) is 8.08. The summed E-state index contributed by atoms with van der Waals surface area (Å²) in [6.07, 6.45) is 8.31. The molecule has 166 valence electrons. The van der Waals surface area contributed by atoms with E-state index in [4.69, 9.17) is 20.9 Å². The van der Waals surface area contributed by atoms with Crippen LogP contribution in [0.3, 0.4) is 0 Å². The molecule has 2 aromatic rings. The summed E-state index contributed by atoms with van der Waals surface area (Å²) in [7, 11) is 0. The minimum absolute atomic E-state index is 0.0940. The lowest BCUT2D eigenvalue weighted by Crippen LogP contribution is -2.28. The molecule has 7 nitrogen and oxygen atoms in total. The van der Waals surface area contributed by atoms with E-state index in [2.05, 4.69) is 17.2 Å². The van der Waals surface area contributed by atoms with Gasteiger partial charge in [0.25, 0.3) is 5.91 Å². The fourth-order valence-electron chi connectivity index (χ4n) is 3.09. The number of nitrogens with one attached hydrogen (secondary N) is 1. The van der Waals surface area contributed by atoms with E-state index in [-0.39, 0.29) is 18.6 Å². The van der Waals surface area contributed by atoms with Gasteiger partial charge in [-0.1, -0.05) is 6.92 Å². The van der Waals surface area contributed by atoms with Gasteiger partial charge in [0, 0.05) is 40.2 Å². The summed E-state index contributed by atoms with van der Waals surface area (Å²) in [6, 6.07) is 5.50. The Labute approximate surface area is 187 Å². The highest BCUT2D eigenvalue weighted by molar-refractivity contribution is 7.15. The summed E-state index contributed by atoms with van der Waals surface area (Å²) in [5.74, 6) is 0.387. The van der Waals surface area contributed by atoms with Crippen LogP contribution in [0.25, 0.3) is 10.6 Å². The van der Waals surface area contributed by atoms with Crippen molar-refractivity contribution in [1.82, 2.24) is 10.3 Å². The first kappa shape index (κ1) is 22.8. The van der Waals surface area contributed by atoms with Crippen molar-refractivity contribution < 1.29 is 14.3 Å². The zero-order valence-corrected chi connectivity index (χ0v) is 18.8. The molecule has 1 aromatic carbocycles. The second-order valence-corrected chi connectivity index (χ2v) is 8.63. The van der Waals surface area contributed by atoms with Crippen molar-refractivity contribution in [1.29, 1.82) is 0 Å². The number of carbonyl (C=O) groups is 1. The number of aromatic nitrogens is 1. The van der Waals surface area contributed by atoms with E-state index in [0.29, 0.717) is 29.3 Å². The molecule has 8 heteroatoms. The molecule has 1 aliphatic rings. The van der Waals surface area contributed by atoms with Gasteiger partial charge in [0.15, 0.2) is 0 Å². The summed E-state index contributed by atoms with van der Waals surface area (Å²) >= 11 is 1.62. The van der Waals surface area contributed by atoms with Gasteiger partial charge in [-0.15, -0.1) is 11.3 Å². The lowest BCUT2D eigenvalue weighted by molar-refractivity contribution is 0.0679. The lowest BCUT2D eigenvalue weighted by Gasteiger charge is -2.14. The Balaban J connectivity index is 1.78. The molecule has 1 aromatic heterocycles. The largest absolute Gasteiger partial charge is 0.491 e. The van der Waals surface area contributed by atoms with Gasteiger partial charge in [-0.05, 0) is 56.5 Å². The minimum atomic E-state index is -0.235. The van der Waals surface area contributed by atoms with Crippen molar-refractivity contribution in [3.8, 4) is 16.3 Å². The number of nitrogens with zero attached hydrogens (tertiary/aromatic N) is 1. The SMILES string of the molecule is CCc1cnc(-c2cc(OCC3CCCO3)cc(C(=O)NC/C(N)=C/C=C(/C)N)c2)s1. The maximum atomic E-state index is 12.8. The second kappa shape index (κ2) is 11.0. The monoisotopic (exact) mass is 442 g/mol. The Hall–Kier alpha value is -2.84. The first-order valence-corrected chi connectivity index (χ1v) is 11.3. The molecule has 0 spiro atoms. The van der Waals surface area contributed by atoms with Crippen LogP contribution in [0, 0.1) is 0 Å². The summed E-state index contributed by atoms with van der Waals surface area (Å²) in [6.45, 7) is 5.32. The molecule has 1 saturated heterocycles. The molecule has 0 bridgehead atoms. The molecule has 31 heavy (non-hydrogen) atoms. The summed E-state index contributed by atoms with van der Waals surface area (Å²) in [5, 5.41) is 3.70. The van der Waals surface area contributed by atoms with Crippen molar-refractivity contribution in [2.75, 3.05) is 19.8 Å². The fourth-order valence-corrected chi connectivity index (χ4v) is 3.93. The molecular formula is C23H30N4O3S. The summed E-state index contributed by atoms with van der Waals surface area (Å²) in [4.78, 5) is 18.5. The van der Waals surface area contributed by atoms with E-state index in [1.165, 1.54) is 4.88 Å². The first-order valence-electron chi connectivity index (χ1n) is 10.5. The molecule has 1 aliphatic heterocycles. The second-order valence-electron chi connectivity index (χ2n) is 7.51. The molecule has 1 fully saturated rings. The summed E-state index contributed by atoms with van der Waals surface area (Å²) in [5.41, 5.74) is 14.0. The van der Waals surface area contributed by atoms with Crippen LogP contribution in [-0.4, -0.2) is 36.8 Å². The van der Waals surface area contributed by atoms with Gasteiger partial charge < -0.3 is 26.3 Å². The predicted molar refractivity (Wildman–Crippen MR) is 124 cm³/mol. The third-order valence-electron chi connectivity index (χ3n) is 4.79. The van der Waals surface area contributed by atoms with Crippen LogP contribution in [-0.2, 0) is 11.2 Å². The van der Waals surface area contributed by atoms with Crippen LogP contribution in [0.1, 0.15) is 41.9 Å². The van der Waals surface area contributed by atoms with Gasteiger partial charge in [0.1, 0.15) is 17.4 Å². The maximum Gasteiger partial charge on any atom is 0.251 e. The van der Waals surface area contributed by atoms with E-state index in [1.54, 1.807) is 36.5 Å². The van der Waals surface area contributed by atoms with Crippen molar-refractivity contribution in [2.45, 2.75) is 39.2 Å². The van der Waals surface area contributed by atoms with Crippen LogP contribution in [0.5, 0.6) is 5.75 Å². The first-order chi connectivity index (χ1) is 14.9. The summed E-state index contributed by atoms with van der Waals surface area (Å²) < 4.78 is 11.6. The van der Waals surface area contributed by atoms with E-state index in [0.717, 1.165) is 36.4 Å². The van der Waals surface area contributed by atoms with Crippen molar-refractivity contribution in [3.05, 3.63) is 58.4 Å². The smallest absolute Gasteiger partial charge is 0.251 e. The van der Waals surface area contributed by atoms with Crippen LogP contribution < -0.4 is 21.5 Å². The third kappa shape index (κ3) is 6.83. The Bertz CT molecular complexity index is 957. The Morgan fingerprint density at radius 3 is 2.87 bits per heavy atom. The van der Waals surface area contributed by atoms with E-state index < -0.39 is 0 Å². The van der Waals surface area contributed by atoms with Crippen molar-refractivity contribution in [2.24, 2.45) is 11.5 Å². The molecule has 1 atom stereocenters. The normalized spacial score (nSPS) is 17.0. The molecule has 0 radical (unpaired) electrons. The van der Waals surface area contributed by atoms with Gasteiger partial charge >= 0.3 is 0 Å². The highest BCUT2D eigenvalue weighted by Gasteiger charge is 2.18. The van der Waals surface area contributed by atoms with Crippen LogP contribution in [0.4, 0.5) is 0 Å². The number of ether oxygens (including phenoxy) is 2. The molecule has 0 aliphatic carbocycles. The number of allylic oxidation sites excluding steroid dienone is 3. The van der Waals surface area contributed by atoms with E-state index in [1.807, 2.05) is 18.3 Å². The standard InChI is InChI=1S/C23H30N4O3S/c1-3-21-13-27-23(31-21)17-9-16(22(28)26-12-18(25)7-6-15(2)24)10-20(11-17)30-14-19-5-4-8-29-19/h6-7,9-11,13,19H,3-5,8,12,14,24-25H2,1-2H3,(H,26,28)/b15-6-,18-7-. The molecule has 1 unspecified atom stereocenters. The molecular weight excluding hydrogens is 412 g/mol. The Morgan fingerprint density at radius 1 is 1.35 bits per heavy atom. The number of carbonyl (C=O) groups excluding carboxylic acids is 1. The highest BCUT2D eigenvalue weighted by Crippen LogP contribution is 2.30. The molecule has 0 saturated carbocycles. The molecule has 1 amide bonds. The van der Waals surface area contributed by atoms with Crippen LogP contribution >= 0.6 is 11.3 Å². The van der Waals surface area contributed by atoms with Crippen LogP contribution in [0.2, 0.25) is 0 Å². The van der Waals surface area contributed by atoms with Crippen molar-refractivity contribution >= 4 is 17.2 Å². The quantitative estimate of drug-likeness (QED) is 0.513. The van der Waals surface area contributed by atoms with E-state index in [9.17, 15) is 4.79 Å². The van der Waals surface area contributed by atoms with Crippen LogP contribution in [0.15, 0.2) is 47.9 Å². The topological polar surface area (TPSA) is 112 Å². The van der Waals surface area contributed by atoms with Gasteiger partial charge in [-0.2, -0.15) is 0 Å². The number of amides is 1. The molecule has 3 rings (SSSR count). The van der Waals surface area contributed by atoms with Gasteiger partial charge in [-0.25, -0.2) is 4.98 Å². The number of thiazole rings is 1. The predicted octanol–water partition coefficient (Wildman–Crippen LogP) is 3.37. The average Bonchev–Trinajstić information content (AvgIpc) is 3.46. The number of rotatable bonds is 9. The van der Waals surface area contributed by atoms with E-state index >= 15 is 0 Å². The number of aryl methyl sites for hydroxylation is 1. The number of nitrogens with two attached hydrogens (primary N) is 2.